The maximum absolute atomic E-state index is 11.8. The van der Waals surface area contributed by atoms with Crippen molar-refractivity contribution in [1.29, 1.82) is 0 Å². The molecule has 2 rings (SSSR count). The van der Waals surface area contributed by atoms with Crippen LogP contribution in [0, 0.1) is 5.92 Å². The van der Waals surface area contributed by atoms with Crippen molar-refractivity contribution in [3.63, 3.8) is 0 Å². The summed E-state index contributed by atoms with van der Waals surface area (Å²) in [6.45, 7) is 6.83. The van der Waals surface area contributed by atoms with Gasteiger partial charge in [0.05, 0.1) is 0 Å². The van der Waals surface area contributed by atoms with Crippen LogP contribution in [0.15, 0.2) is 0 Å². The van der Waals surface area contributed by atoms with Crippen molar-refractivity contribution in [1.82, 2.24) is 20.5 Å². The zero-order chi connectivity index (χ0) is 13.2. The highest BCUT2D eigenvalue weighted by Gasteiger charge is 2.21. The first kappa shape index (κ1) is 13.1. The molecule has 100 valence electrons. The molecule has 1 fully saturated rings. The lowest BCUT2D eigenvalue weighted by Crippen LogP contribution is -2.28. The summed E-state index contributed by atoms with van der Waals surface area (Å²) in [6.07, 6.45) is 5.03. The van der Waals surface area contributed by atoms with Gasteiger partial charge in [0.1, 0.15) is 5.82 Å². The smallest absolute Gasteiger partial charge is 0.290 e. The van der Waals surface area contributed by atoms with Crippen LogP contribution in [0.25, 0.3) is 0 Å². The summed E-state index contributed by atoms with van der Waals surface area (Å²) in [5.74, 6) is 1.61. The molecule has 0 aliphatic heterocycles. The number of hydrogen-bond donors (Lipinski definition) is 2. The summed E-state index contributed by atoms with van der Waals surface area (Å²) in [5, 5.41) is 9.67. The second-order valence-electron chi connectivity index (χ2n) is 6.10. The van der Waals surface area contributed by atoms with Crippen LogP contribution < -0.4 is 5.32 Å². The number of aromatic nitrogens is 3. The van der Waals surface area contributed by atoms with Gasteiger partial charge in [-0.3, -0.25) is 9.89 Å². The summed E-state index contributed by atoms with van der Waals surface area (Å²) >= 11 is 0. The normalized spacial score (nSPS) is 16.4. The molecule has 0 atom stereocenters. The van der Waals surface area contributed by atoms with Gasteiger partial charge in [-0.25, -0.2) is 4.98 Å². The summed E-state index contributed by atoms with van der Waals surface area (Å²) < 4.78 is 0. The Bertz CT molecular complexity index is 415. The maximum atomic E-state index is 11.8. The van der Waals surface area contributed by atoms with Gasteiger partial charge < -0.3 is 5.32 Å². The van der Waals surface area contributed by atoms with Crippen LogP contribution in [0.1, 0.15) is 62.9 Å². The molecule has 1 aliphatic carbocycles. The quantitative estimate of drug-likeness (QED) is 0.859. The Balaban J connectivity index is 1.82. The summed E-state index contributed by atoms with van der Waals surface area (Å²) in [5.41, 5.74) is -0.114. The predicted octanol–water partition coefficient (Wildman–Crippen LogP) is 2.02. The minimum Gasteiger partial charge on any atom is -0.349 e. The van der Waals surface area contributed by atoms with E-state index in [1.807, 2.05) is 20.8 Å². The molecule has 0 bridgehead atoms. The molecule has 1 aliphatic rings. The zero-order valence-electron chi connectivity index (χ0n) is 11.4. The standard InChI is InChI=1S/C13H22N4O/c1-13(2,3)12-15-10(16-17-12)11(18)14-8-7-9-5-4-6-9/h9H,4-8H2,1-3H3,(H,14,18)(H,15,16,17). The third kappa shape index (κ3) is 3.09. The molecule has 1 amide bonds. The Labute approximate surface area is 108 Å². The molecule has 2 N–H and O–H groups in total. The van der Waals surface area contributed by atoms with Crippen LogP contribution in [-0.4, -0.2) is 27.6 Å². The van der Waals surface area contributed by atoms with Gasteiger partial charge >= 0.3 is 0 Å². The number of nitrogens with zero attached hydrogens (tertiary/aromatic N) is 2. The Morgan fingerprint density at radius 3 is 2.67 bits per heavy atom. The van der Waals surface area contributed by atoms with Gasteiger partial charge in [0, 0.05) is 12.0 Å². The largest absolute Gasteiger partial charge is 0.349 e. The first-order chi connectivity index (χ1) is 8.47. The minimum absolute atomic E-state index is 0.114. The number of carbonyl (C=O) groups is 1. The van der Waals surface area contributed by atoms with Crippen LogP contribution in [0.4, 0.5) is 0 Å². The lowest BCUT2D eigenvalue weighted by Gasteiger charge is -2.24. The molecule has 0 spiro atoms. The molecule has 0 radical (unpaired) electrons. The van der Waals surface area contributed by atoms with Crippen molar-refractivity contribution in [2.75, 3.05) is 6.54 Å². The van der Waals surface area contributed by atoms with Crippen molar-refractivity contribution in [2.45, 2.75) is 51.9 Å². The van der Waals surface area contributed by atoms with Crippen molar-refractivity contribution in [3.05, 3.63) is 11.6 Å². The van der Waals surface area contributed by atoms with Gasteiger partial charge in [0.15, 0.2) is 0 Å². The molecule has 1 aromatic heterocycles. The predicted molar refractivity (Wildman–Crippen MR) is 69.4 cm³/mol. The lowest BCUT2D eigenvalue weighted by atomic mass is 9.83. The molecule has 0 unspecified atom stereocenters. The number of rotatable bonds is 4. The highest BCUT2D eigenvalue weighted by molar-refractivity contribution is 5.90. The van der Waals surface area contributed by atoms with Gasteiger partial charge in [-0.15, -0.1) is 5.10 Å². The number of hydrogen-bond acceptors (Lipinski definition) is 3. The van der Waals surface area contributed by atoms with E-state index in [2.05, 4.69) is 20.5 Å². The van der Waals surface area contributed by atoms with E-state index in [1.165, 1.54) is 19.3 Å². The third-order valence-corrected chi connectivity index (χ3v) is 3.46. The Morgan fingerprint density at radius 1 is 1.44 bits per heavy atom. The molecule has 0 saturated heterocycles. The molecular formula is C13H22N4O. The Kier molecular flexibility index (Phi) is 3.68. The van der Waals surface area contributed by atoms with E-state index in [4.69, 9.17) is 0 Å². The number of amides is 1. The lowest BCUT2D eigenvalue weighted by molar-refractivity contribution is 0.0939. The van der Waals surface area contributed by atoms with E-state index >= 15 is 0 Å². The minimum atomic E-state index is -0.180. The van der Waals surface area contributed by atoms with Crippen LogP contribution in [0.5, 0.6) is 0 Å². The molecule has 0 aromatic carbocycles. The topological polar surface area (TPSA) is 70.7 Å². The average Bonchev–Trinajstić information content (AvgIpc) is 2.69. The second-order valence-corrected chi connectivity index (χ2v) is 6.10. The number of carbonyl (C=O) groups excluding carboxylic acids is 1. The van der Waals surface area contributed by atoms with Crippen molar-refractivity contribution < 1.29 is 4.79 Å². The van der Waals surface area contributed by atoms with Crippen LogP contribution in [0.2, 0.25) is 0 Å². The van der Waals surface area contributed by atoms with E-state index in [-0.39, 0.29) is 17.1 Å². The Morgan fingerprint density at radius 2 is 2.17 bits per heavy atom. The van der Waals surface area contributed by atoms with Crippen molar-refractivity contribution in [3.8, 4) is 0 Å². The molecule has 5 nitrogen and oxygen atoms in total. The van der Waals surface area contributed by atoms with Crippen LogP contribution >= 0.6 is 0 Å². The molecule has 18 heavy (non-hydrogen) atoms. The van der Waals surface area contributed by atoms with Crippen molar-refractivity contribution in [2.24, 2.45) is 5.92 Å². The molecular weight excluding hydrogens is 228 g/mol. The van der Waals surface area contributed by atoms with Gasteiger partial charge in [-0.1, -0.05) is 40.0 Å². The molecule has 1 heterocycles. The third-order valence-electron chi connectivity index (χ3n) is 3.46. The maximum Gasteiger partial charge on any atom is 0.290 e. The fourth-order valence-corrected chi connectivity index (χ4v) is 1.95. The van der Waals surface area contributed by atoms with Gasteiger partial charge in [-0.05, 0) is 12.3 Å². The van der Waals surface area contributed by atoms with E-state index < -0.39 is 0 Å². The average molecular weight is 250 g/mol. The van der Waals surface area contributed by atoms with Crippen molar-refractivity contribution >= 4 is 5.91 Å². The number of nitrogens with one attached hydrogen (secondary N) is 2. The van der Waals surface area contributed by atoms with Crippen LogP contribution in [0.3, 0.4) is 0 Å². The van der Waals surface area contributed by atoms with Gasteiger partial charge in [0.25, 0.3) is 5.91 Å². The number of aromatic amines is 1. The fraction of sp³-hybridized carbons (Fsp3) is 0.769. The summed E-state index contributed by atoms with van der Waals surface area (Å²) in [7, 11) is 0. The Hall–Kier alpha value is -1.39. The van der Waals surface area contributed by atoms with E-state index in [9.17, 15) is 4.79 Å². The van der Waals surface area contributed by atoms with E-state index in [0.717, 1.165) is 24.7 Å². The highest BCUT2D eigenvalue weighted by Crippen LogP contribution is 2.28. The van der Waals surface area contributed by atoms with E-state index in [1.54, 1.807) is 0 Å². The SMILES string of the molecule is CC(C)(C)c1nc(C(=O)NCCC2CCC2)n[nH]1. The number of H-pyrrole nitrogens is 1. The second kappa shape index (κ2) is 5.08. The van der Waals surface area contributed by atoms with Gasteiger partial charge in [-0.2, -0.15) is 0 Å². The van der Waals surface area contributed by atoms with E-state index in [0.29, 0.717) is 0 Å². The highest BCUT2D eigenvalue weighted by atomic mass is 16.2. The molecule has 5 heteroatoms. The fourth-order valence-electron chi connectivity index (χ4n) is 1.95. The van der Waals surface area contributed by atoms with Gasteiger partial charge in [0.2, 0.25) is 5.82 Å². The summed E-state index contributed by atoms with van der Waals surface area (Å²) in [4.78, 5) is 16.1. The first-order valence-electron chi connectivity index (χ1n) is 6.68. The molecule has 1 aromatic rings. The molecule has 1 saturated carbocycles. The first-order valence-corrected chi connectivity index (χ1v) is 6.68. The summed E-state index contributed by atoms with van der Waals surface area (Å²) in [6, 6.07) is 0. The van der Waals surface area contributed by atoms with Crippen LogP contribution in [-0.2, 0) is 5.41 Å². The zero-order valence-corrected chi connectivity index (χ0v) is 11.4. The monoisotopic (exact) mass is 250 g/mol.